The van der Waals surface area contributed by atoms with Crippen LogP contribution in [0.4, 0.5) is 0 Å². The lowest BCUT2D eigenvalue weighted by molar-refractivity contribution is 0.283. The van der Waals surface area contributed by atoms with Crippen molar-refractivity contribution in [1.29, 1.82) is 0 Å². The van der Waals surface area contributed by atoms with Crippen LogP contribution in [0, 0.1) is 0 Å². The molecule has 0 amide bonds. The number of benzene rings is 3. The Hall–Kier alpha value is -1.72. The number of hydrogen-bond acceptors (Lipinski definition) is 2. The summed E-state index contributed by atoms with van der Waals surface area (Å²) in [6.45, 7) is 15.1. The van der Waals surface area contributed by atoms with Crippen LogP contribution in [-0.4, -0.2) is 21.3 Å². The second kappa shape index (κ2) is 9.83. The maximum absolute atomic E-state index is 9.87. The van der Waals surface area contributed by atoms with Crippen LogP contribution in [0.1, 0.15) is 11.1 Å². The number of aliphatic hydroxyl groups is 1. The van der Waals surface area contributed by atoms with Crippen molar-refractivity contribution in [2.24, 2.45) is 0 Å². The van der Waals surface area contributed by atoms with Crippen LogP contribution >= 0.6 is 8.58 Å². The van der Waals surface area contributed by atoms with Crippen LogP contribution in [0.3, 0.4) is 0 Å². The summed E-state index contributed by atoms with van der Waals surface area (Å²) in [6.07, 6.45) is 0. The molecule has 3 rings (SSSR count). The molecule has 3 aromatic carbocycles. The van der Waals surface area contributed by atoms with Crippen LogP contribution in [0.2, 0.25) is 39.3 Å². The van der Waals surface area contributed by atoms with E-state index in [0.29, 0.717) is 15.2 Å². The van der Waals surface area contributed by atoms with E-state index < -0.39 is 16.1 Å². The molecule has 0 aromatic heterocycles. The first-order valence-corrected chi connectivity index (χ1v) is 18.9. The Labute approximate surface area is 191 Å². The van der Waals surface area contributed by atoms with E-state index in [0.717, 1.165) is 11.3 Å². The summed E-state index contributed by atoms with van der Waals surface area (Å²) in [5, 5.41) is 15.2. The quantitative estimate of drug-likeness (QED) is 0.392. The molecule has 0 radical (unpaired) electrons. The number of ether oxygens (including phenoxy) is 1. The van der Waals surface area contributed by atoms with Crippen molar-refractivity contribution in [2.75, 3.05) is 0 Å². The van der Waals surface area contributed by atoms with Gasteiger partial charge in [0.05, 0.1) is 22.8 Å². The molecule has 0 heterocycles. The van der Waals surface area contributed by atoms with Gasteiger partial charge in [-0.15, -0.1) is 0 Å². The minimum atomic E-state index is -1.64. The lowest BCUT2D eigenvalue weighted by Gasteiger charge is -2.28. The van der Waals surface area contributed by atoms with Crippen LogP contribution in [0.25, 0.3) is 0 Å². The first kappa shape index (κ1) is 23.9. The summed E-state index contributed by atoms with van der Waals surface area (Å²) in [6, 6.07) is 23.5. The first-order chi connectivity index (χ1) is 14.6. The molecule has 31 heavy (non-hydrogen) atoms. The summed E-state index contributed by atoms with van der Waals surface area (Å²) in [5.74, 6) is 1.07. The van der Waals surface area contributed by atoms with E-state index >= 15 is 0 Å². The molecule has 1 unspecified atom stereocenters. The highest BCUT2D eigenvalue weighted by Crippen LogP contribution is 2.24. The molecule has 0 saturated heterocycles. The van der Waals surface area contributed by atoms with Crippen LogP contribution in [0.15, 0.2) is 66.7 Å². The van der Waals surface area contributed by atoms with Gasteiger partial charge in [0.15, 0.2) is 0 Å². The molecule has 0 spiro atoms. The molecular formula is C26H35O2PSi2. The molecule has 2 nitrogen and oxygen atoms in total. The molecule has 0 bridgehead atoms. The smallest absolute Gasteiger partial charge is 0.126 e. The van der Waals surface area contributed by atoms with Gasteiger partial charge in [0, 0.05) is 5.30 Å². The number of aliphatic hydroxyl groups excluding tert-OH is 1. The normalized spacial score (nSPS) is 12.5. The van der Waals surface area contributed by atoms with Crippen molar-refractivity contribution in [2.45, 2.75) is 52.5 Å². The Bertz CT molecular complexity index is 1020. The molecule has 5 heteroatoms. The zero-order valence-electron chi connectivity index (χ0n) is 19.6. The van der Waals surface area contributed by atoms with E-state index in [1.807, 2.05) is 18.2 Å². The van der Waals surface area contributed by atoms with E-state index in [4.69, 9.17) is 4.74 Å². The van der Waals surface area contributed by atoms with Crippen LogP contribution in [0.5, 0.6) is 5.75 Å². The molecule has 1 N–H and O–H groups in total. The Balaban J connectivity index is 2.14. The summed E-state index contributed by atoms with van der Waals surface area (Å²) in [5.41, 5.74) is 2.19. The fourth-order valence-electron chi connectivity index (χ4n) is 3.52. The van der Waals surface area contributed by atoms with Gasteiger partial charge >= 0.3 is 0 Å². The van der Waals surface area contributed by atoms with Gasteiger partial charge in [-0.3, -0.25) is 0 Å². The van der Waals surface area contributed by atoms with Crippen molar-refractivity contribution >= 4 is 45.7 Å². The molecule has 0 aliphatic rings. The van der Waals surface area contributed by atoms with Crippen LogP contribution in [-0.2, 0) is 13.2 Å². The summed E-state index contributed by atoms with van der Waals surface area (Å²) < 4.78 is 6.59. The van der Waals surface area contributed by atoms with Crippen molar-refractivity contribution in [1.82, 2.24) is 0 Å². The van der Waals surface area contributed by atoms with Gasteiger partial charge in [-0.05, 0) is 21.6 Å². The predicted molar refractivity (Wildman–Crippen MR) is 143 cm³/mol. The summed E-state index contributed by atoms with van der Waals surface area (Å²) in [4.78, 5) is 0. The van der Waals surface area contributed by atoms with Gasteiger partial charge in [0.2, 0.25) is 0 Å². The molecule has 0 saturated carbocycles. The van der Waals surface area contributed by atoms with Gasteiger partial charge < -0.3 is 9.84 Å². The zero-order valence-corrected chi connectivity index (χ0v) is 22.6. The maximum atomic E-state index is 9.87. The van der Waals surface area contributed by atoms with E-state index in [9.17, 15) is 5.11 Å². The summed E-state index contributed by atoms with van der Waals surface area (Å²) in [7, 11) is -2.69. The van der Waals surface area contributed by atoms with Gasteiger partial charge in [-0.1, -0.05) is 120 Å². The fourth-order valence-corrected chi connectivity index (χ4v) is 7.91. The Kier molecular flexibility index (Phi) is 7.59. The van der Waals surface area contributed by atoms with E-state index in [2.05, 4.69) is 87.8 Å². The average molecular weight is 467 g/mol. The summed E-state index contributed by atoms with van der Waals surface area (Å²) >= 11 is 0. The molecule has 1 atom stereocenters. The highest BCUT2D eigenvalue weighted by Gasteiger charge is 2.28. The standard InChI is InChI=1S/C26H35O2PSi2/c1-30(2,3)22-16-24(29-23-15-11-10-14-21(23)18-27)26(25(17-22)31(4,5)6)28-19-20-12-8-7-9-13-20/h7-17,27,29H,18-19H2,1-6H3. The Morgan fingerprint density at radius 2 is 1.42 bits per heavy atom. The molecule has 164 valence electrons. The van der Waals surface area contributed by atoms with Crippen molar-refractivity contribution in [3.8, 4) is 5.75 Å². The molecule has 0 aliphatic carbocycles. The molecule has 0 fully saturated rings. The SMILES string of the molecule is C[Si](C)(C)c1cc(Pc2ccccc2CO)c(OCc2ccccc2)c([Si](C)(C)C)c1. The Morgan fingerprint density at radius 3 is 2.03 bits per heavy atom. The topological polar surface area (TPSA) is 29.5 Å². The highest BCUT2D eigenvalue weighted by atomic mass is 31.1. The van der Waals surface area contributed by atoms with Gasteiger partial charge in [-0.25, -0.2) is 0 Å². The second-order valence-corrected chi connectivity index (χ2v) is 21.6. The zero-order chi connectivity index (χ0) is 22.6. The fraction of sp³-hybridized carbons (Fsp3) is 0.308. The second-order valence-electron chi connectivity index (χ2n) is 10.1. The molecular weight excluding hydrogens is 431 g/mol. The van der Waals surface area contributed by atoms with Crippen LogP contribution < -0.4 is 25.7 Å². The third-order valence-corrected chi connectivity index (χ3v) is 10.9. The minimum Gasteiger partial charge on any atom is -0.488 e. The van der Waals surface area contributed by atoms with E-state index in [1.54, 1.807) is 0 Å². The van der Waals surface area contributed by atoms with Gasteiger partial charge in [-0.2, -0.15) is 0 Å². The van der Waals surface area contributed by atoms with Gasteiger partial charge in [0.25, 0.3) is 0 Å². The van der Waals surface area contributed by atoms with E-state index in [1.165, 1.54) is 26.5 Å². The molecule has 0 aliphatic heterocycles. The van der Waals surface area contributed by atoms with Crippen molar-refractivity contribution < 1.29 is 9.84 Å². The lowest BCUT2D eigenvalue weighted by Crippen LogP contribution is -2.48. The van der Waals surface area contributed by atoms with Crippen molar-refractivity contribution in [3.63, 3.8) is 0 Å². The van der Waals surface area contributed by atoms with Crippen molar-refractivity contribution in [3.05, 3.63) is 77.9 Å². The Morgan fingerprint density at radius 1 is 0.774 bits per heavy atom. The monoisotopic (exact) mass is 466 g/mol. The largest absolute Gasteiger partial charge is 0.488 e. The predicted octanol–water partition coefficient (Wildman–Crippen LogP) is 4.48. The molecule has 3 aromatic rings. The highest BCUT2D eigenvalue weighted by molar-refractivity contribution is 7.56. The number of rotatable bonds is 8. The lowest BCUT2D eigenvalue weighted by atomic mass is 10.2. The maximum Gasteiger partial charge on any atom is 0.126 e. The average Bonchev–Trinajstić information content (AvgIpc) is 2.72. The third kappa shape index (κ3) is 6.17. The van der Waals surface area contributed by atoms with Gasteiger partial charge in [0.1, 0.15) is 12.4 Å². The van der Waals surface area contributed by atoms with E-state index in [-0.39, 0.29) is 6.61 Å². The third-order valence-electron chi connectivity index (χ3n) is 5.45. The minimum absolute atomic E-state index is 0.0674. The number of hydrogen-bond donors (Lipinski definition) is 1. The first-order valence-electron chi connectivity index (χ1n) is 10.9.